The van der Waals surface area contributed by atoms with Gasteiger partial charge in [-0.2, -0.15) is 0 Å². The quantitative estimate of drug-likeness (QED) is 0.344. The topological polar surface area (TPSA) is 126 Å². The summed E-state index contributed by atoms with van der Waals surface area (Å²) in [6, 6.07) is 0. The van der Waals surface area contributed by atoms with Crippen LogP contribution in [0.1, 0.15) is 1.43 Å². The Hall–Kier alpha value is 1.46. The Bertz CT molecular complexity index is 11.7. The van der Waals surface area contributed by atoms with E-state index in [1.54, 1.807) is 0 Å². The Morgan fingerprint density at radius 2 is 0.667 bits per heavy atom. The molecule has 0 saturated carbocycles. The van der Waals surface area contributed by atoms with E-state index in [0.29, 0.717) is 0 Å². The van der Waals surface area contributed by atoms with Crippen LogP contribution in [-0.4, -0.2) is 21.9 Å². The van der Waals surface area contributed by atoms with Gasteiger partial charge in [0, 0.05) is 19.5 Å². The summed E-state index contributed by atoms with van der Waals surface area (Å²) in [5, 5.41) is 0. The second-order valence-corrected chi connectivity index (χ2v) is 0. The molecule has 0 aliphatic heterocycles. The summed E-state index contributed by atoms with van der Waals surface area (Å²) in [7, 11) is 0. The van der Waals surface area contributed by atoms with E-state index in [1.807, 2.05) is 0 Å². The molecule has 6 heavy (non-hydrogen) atoms. The van der Waals surface area contributed by atoms with Crippen molar-refractivity contribution in [1.82, 2.24) is 0 Å². The van der Waals surface area contributed by atoms with Gasteiger partial charge in [0.25, 0.3) is 0 Å². The minimum Gasteiger partial charge on any atom is -1.00 e. The molecule has 4 nitrogen and oxygen atoms in total. The molecule has 0 aromatic carbocycles. The average molecular weight is 199 g/mol. The summed E-state index contributed by atoms with van der Waals surface area (Å²) < 4.78 is 0. The van der Waals surface area contributed by atoms with Crippen molar-refractivity contribution in [2.24, 2.45) is 0 Å². The fourth-order valence-electron chi connectivity index (χ4n) is 0. The van der Waals surface area contributed by atoms with Gasteiger partial charge in [-0.15, -0.1) is 0 Å². The van der Waals surface area contributed by atoms with Crippen molar-refractivity contribution in [2.45, 2.75) is 0 Å². The molecule has 8 N–H and O–H groups in total. The van der Waals surface area contributed by atoms with Gasteiger partial charge in [0.1, 0.15) is 0 Å². The van der Waals surface area contributed by atoms with Gasteiger partial charge in [0.15, 0.2) is 0 Å². The van der Waals surface area contributed by atoms with Crippen LogP contribution in [0.3, 0.4) is 0 Å². The van der Waals surface area contributed by atoms with Gasteiger partial charge in [0.05, 0.1) is 0 Å². The SMILES string of the molecule is O.O.O.O.[H-].[Na+].[Rh]. The molecule has 0 rings (SSSR count). The molecule has 0 amide bonds. The van der Waals surface area contributed by atoms with Gasteiger partial charge in [-0.1, -0.05) is 0 Å². The smallest absolute Gasteiger partial charge is 1.00 e. The molecular formula is H9NaO4Rh. The maximum Gasteiger partial charge on any atom is 1.00 e. The third kappa shape index (κ3) is 50.8. The molecule has 1 radical (unpaired) electrons. The van der Waals surface area contributed by atoms with Crippen LogP contribution < -0.4 is 29.6 Å². The third-order valence-corrected chi connectivity index (χ3v) is 0. The van der Waals surface area contributed by atoms with Crippen molar-refractivity contribution in [3.63, 3.8) is 0 Å². The van der Waals surface area contributed by atoms with Gasteiger partial charge >= 0.3 is 29.6 Å². The van der Waals surface area contributed by atoms with Gasteiger partial charge in [-0.05, 0) is 0 Å². The minimum atomic E-state index is 0. The fraction of sp³-hybridized carbons (Fsp3) is 0. The van der Waals surface area contributed by atoms with E-state index in [0.717, 1.165) is 0 Å². The van der Waals surface area contributed by atoms with Crippen LogP contribution >= 0.6 is 0 Å². The van der Waals surface area contributed by atoms with E-state index in [2.05, 4.69) is 0 Å². The van der Waals surface area contributed by atoms with Crippen molar-refractivity contribution >= 4 is 0 Å². The van der Waals surface area contributed by atoms with Crippen molar-refractivity contribution in [3.05, 3.63) is 0 Å². The maximum atomic E-state index is 0. The Balaban J connectivity index is 0. The molecular weight excluding hydrogens is 190 g/mol. The summed E-state index contributed by atoms with van der Waals surface area (Å²) in [6.07, 6.45) is 0. The normalized spacial score (nSPS) is 0. The maximum absolute atomic E-state index is 0. The number of hydrogen-bond acceptors (Lipinski definition) is 0. The van der Waals surface area contributed by atoms with Gasteiger partial charge in [-0.25, -0.2) is 0 Å². The van der Waals surface area contributed by atoms with E-state index >= 15 is 0 Å². The third-order valence-electron chi connectivity index (χ3n) is 0. The predicted octanol–water partition coefficient (Wildman–Crippen LogP) is -6.18. The molecule has 0 spiro atoms. The summed E-state index contributed by atoms with van der Waals surface area (Å²) in [5.41, 5.74) is 0. The van der Waals surface area contributed by atoms with Gasteiger partial charge in [0.2, 0.25) is 0 Å². The largest absolute Gasteiger partial charge is 1.00 e. The summed E-state index contributed by atoms with van der Waals surface area (Å²) >= 11 is 0. The van der Waals surface area contributed by atoms with E-state index in [-0.39, 0.29) is 72.4 Å². The molecule has 0 aromatic heterocycles. The molecule has 0 heterocycles. The molecule has 0 fully saturated rings. The Morgan fingerprint density at radius 1 is 0.667 bits per heavy atom. The zero-order valence-electron chi connectivity index (χ0n) is 4.33. The Labute approximate surface area is 72.1 Å². The predicted molar refractivity (Wildman–Crippen MR) is 15.6 cm³/mol. The van der Waals surface area contributed by atoms with E-state index in [9.17, 15) is 0 Å². The molecule has 0 aliphatic rings. The van der Waals surface area contributed by atoms with Crippen LogP contribution in [0.5, 0.6) is 0 Å². The average Bonchev–Trinajstić information content (AvgIpc) is 0. The van der Waals surface area contributed by atoms with E-state index in [4.69, 9.17) is 0 Å². The fourth-order valence-corrected chi connectivity index (χ4v) is 0. The first-order chi connectivity index (χ1) is 0. The summed E-state index contributed by atoms with van der Waals surface area (Å²) in [4.78, 5) is 0. The second-order valence-electron chi connectivity index (χ2n) is 0. The standard InChI is InChI=1S/Na.4H2O.Rh.H/h;4*1H2;;/q+1;;;;;;-1. The molecule has 6 heteroatoms. The summed E-state index contributed by atoms with van der Waals surface area (Å²) in [5.74, 6) is 0. The van der Waals surface area contributed by atoms with Crippen LogP contribution in [-0.2, 0) is 19.5 Å². The monoisotopic (exact) mass is 199 g/mol. The van der Waals surface area contributed by atoms with Crippen LogP contribution in [0, 0.1) is 0 Å². The summed E-state index contributed by atoms with van der Waals surface area (Å²) in [6.45, 7) is 0. The zero-order chi connectivity index (χ0) is 0. The van der Waals surface area contributed by atoms with E-state index in [1.165, 1.54) is 0 Å². The van der Waals surface area contributed by atoms with Crippen molar-refractivity contribution in [2.75, 3.05) is 0 Å². The van der Waals surface area contributed by atoms with Crippen LogP contribution in [0.15, 0.2) is 0 Å². The molecule has 0 saturated heterocycles. The van der Waals surface area contributed by atoms with Crippen molar-refractivity contribution < 1.29 is 72.4 Å². The number of hydrogen-bond donors (Lipinski definition) is 0. The first-order valence-corrected chi connectivity index (χ1v) is 0. The van der Waals surface area contributed by atoms with Crippen molar-refractivity contribution in [1.29, 1.82) is 0 Å². The van der Waals surface area contributed by atoms with Crippen LogP contribution in [0.25, 0.3) is 0 Å². The molecule has 0 aliphatic carbocycles. The molecule has 43 valence electrons. The Kier molecular flexibility index (Phi) is 2190. The van der Waals surface area contributed by atoms with Gasteiger partial charge in [-0.3, -0.25) is 0 Å². The van der Waals surface area contributed by atoms with Gasteiger partial charge < -0.3 is 23.3 Å². The molecule has 0 aromatic rings. The van der Waals surface area contributed by atoms with Crippen LogP contribution in [0.4, 0.5) is 0 Å². The molecule has 0 unspecified atom stereocenters. The van der Waals surface area contributed by atoms with Crippen molar-refractivity contribution in [3.8, 4) is 0 Å². The van der Waals surface area contributed by atoms with Crippen LogP contribution in [0.2, 0.25) is 0 Å². The van der Waals surface area contributed by atoms with E-state index < -0.39 is 0 Å². The molecule has 0 bridgehead atoms. The molecule has 0 atom stereocenters. The Morgan fingerprint density at radius 3 is 0.667 bits per heavy atom. The second kappa shape index (κ2) is 90.1. The first-order valence-electron chi connectivity index (χ1n) is 0. The minimum absolute atomic E-state index is 0. The number of rotatable bonds is 0. The first kappa shape index (κ1) is 146. The zero-order valence-corrected chi connectivity index (χ0v) is 6.97.